The van der Waals surface area contributed by atoms with Crippen molar-refractivity contribution >= 4 is 28.8 Å². The highest BCUT2D eigenvalue weighted by Gasteiger charge is 2.19. The topological polar surface area (TPSA) is 106 Å². The lowest BCUT2D eigenvalue weighted by atomic mass is 10.0. The van der Waals surface area contributed by atoms with E-state index in [-0.39, 0.29) is 34.4 Å². The first kappa shape index (κ1) is 18.0. The number of carbonyl (C=O) groups is 1. The number of carbonyl (C=O) groups excluding carboxylic acids is 1. The van der Waals surface area contributed by atoms with Gasteiger partial charge in [-0.2, -0.15) is 0 Å². The summed E-state index contributed by atoms with van der Waals surface area (Å²) in [4.78, 5) is 22.3. The van der Waals surface area contributed by atoms with Crippen LogP contribution in [0.25, 0.3) is 0 Å². The molecule has 0 saturated heterocycles. The summed E-state index contributed by atoms with van der Waals surface area (Å²) in [5.41, 5.74) is 0.395. The molecule has 0 unspecified atom stereocenters. The van der Waals surface area contributed by atoms with E-state index in [1.807, 2.05) is 0 Å². The van der Waals surface area contributed by atoms with E-state index in [1.54, 1.807) is 42.5 Å². The van der Waals surface area contributed by atoms with Crippen LogP contribution in [0, 0.1) is 10.1 Å². The lowest BCUT2D eigenvalue weighted by Gasteiger charge is -2.01. The third kappa shape index (κ3) is 4.26. The summed E-state index contributed by atoms with van der Waals surface area (Å²) in [5.74, 6) is 3.16. The SMILES string of the molecule is NO.O=C(c1ccccc1)c1ccccc1[N+](=O)[O-].[AlH3]. The summed E-state index contributed by atoms with van der Waals surface area (Å²) < 4.78 is 0. The minimum Gasteiger partial charge on any atom is -0.320 e. The molecule has 3 N–H and O–H groups in total. The van der Waals surface area contributed by atoms with Crippen LogP contribution in [0.15, 0.2) is 54.6 Å². The third-order valence-corrected chi connectivity index (χ3v) is 2.38. The van der Waals surface area contributed by atoms with Gasteiger partial charge in [0, 0.05) is 11.6 Å². The van der Waals surface area contributed by atoms with Crippen molar-refractivity contribution in [2.45, 2.75) is 0 Å². The molecule has 2 aromatic rings. The lowest BCUT2D eigenvalue weighted by molar-refractivity contribution is -0.385. The Morgan fingerprint density at radius 2 is 1.50 bits per heavy atom. The highest BCUT2D eigenvalue weighted by Crippen LogP contribution is 2.20. The molecule has 0 aromatic heterocycles. The van der Waals surface area contributed by atoms with Gasteiger partial charge in [0.1, 0.15) is 5.56 Å². The van der Waals surface area contributed by atoms with Crippen molar-refractivity contribution < 1.29 is 14.9 Å². The second-order valence-electron chi connectivity index (χ2n) is 3.47. The molecule has 0 radical (unpaired) electrons. The minimum absolute atomic E-state index is 0. The van der Waals surface area contributed by atoms with Crippen molar-refractivity contribution in [2.75, 3.05) is 0 Å². The van der Waals surface area contributed by atoms with Crippen LogP contribution in [-0.4, -0.2) is 33.3 Å². The molecular weight excluding hydrogens is 275 g/mol. The molecule has 0 spiro atoms. The maximum atomic E-state index is 12.1. The molecule has 0 bridgehead atoms. The molecule has 0 aliphatic carbocycles. The minimum atomic E-state index is -0.545. The fourth-order valence-corrected chi connectivity index (χ4v) is 1.57. The van der Waals surface area contributed by atoms with Gasteiger partial charge in [-0.3, -0.25) is 14.9 Å². The Bertz CT molecular complexity index is 576. The third-order valence-electron chi connectivity index (χ3n) is 2.38. The lowest BCUT2D eigenvalue weighted by Crippen LogP contribution is -2.04. The molecule has 0 aliphatic heterocycles. The van der Waals surface area contributed by atoms with E-state index in [4.69, 9.17) is 5.21 Å². The molecule has 20 heavy (non-hydrogen) atoms. The highest BCUT2D eigenvalue weighted by molar-refractivity contribution is 6.11. The number of nitrogens with zero attached hydrogens (tertiary/aromatic N) is 1. The molecule has 6 nitrogen and oxygen atoms in total. The van der Waals surface area contributed by atoms with Gasteiger partial charge in [-0.1, -0.05) is 42.5 Å². The maximum absolute atomic E-state index is 12.1. The average molecular weight is 290 g/mol. The van der Waals surface area contributed by atoms with Crippen LogP contribution in [0.4, 0.5) is 5.69 Å². The number of hydrogen-bond acceptors (Lipinski definition) is 5. The molecule has 0 fully saturated rings. The van der Waals surface area contributed by atoms with Gasteiger partial charge in [-0.05, 0) is 6.07 Å². The molecule has 0 saturated carbocycles. The summed E-state index contributed by atoms with van der Waals surface area (Å²) in [6.45, 7) is 0. The zero-order chi connectivity index (χ0) is 14.3. The van der Waals surface area contributed by atoms with E-state index in [1.165, 1.54) is 12.1 Å². The van der Waals surface area contributed by atoms with Crippen LogP contribution in [0.1, 0.15) is 15.9 Å². The van der Waals surface area contributed by atoms with Crippen molar-refractivity contribution in [3.05, 3.63) is 75.8 Å². The van der Waals surface area contributed by atoms with Gasteiger partial charge < -0.3 is 5.21 Å². The molecule has 0 heterocycles. The Labute approximate surface area is 126 Å². The number of hydrogen-bond donors (Lipinski definition) is 2. The van der Waals surface area contributed by atoms with Crippen molar-refractivity contribution in [2.24, 2.45) is 5.90 Å². The van der Waals surface area contributed by atoms with E-state index in [9.17, 15) is 14.9 Å². The highest BCUT2D eigenvalue weighted by atomic mass is 27.0. The average Bonchev–Trinajstić information content (AvgIpc) is 2.49. The first-order valence-corrected chi connectivity index (χ1v) is 5.29. The fourth-order valence-electron chi connectivity index (χ4n) is 1.57. The Morgan fingerprint density at radius 1 is 1.00 bits per heavy atom. The van der Waals surface area contributed by atoms with E-state index >= 15 is 0 Å². The smallest absolute Gasteiger partial charge is 0.280 e. The molecular formula is C13H15AlN2O4. The fraction of sp³-hybridized carbons (Fsp3) is 0. The summed E-state index contributed by atoms with van der Waals surface area (Å²) in [7, 11) is 0. The number of nitro groups is 1. The summed E-state index contributed by atoms with van der Waals surface area (Å²) in [6, 6.07) is 14.5. The largest absolute Gasteiger partial charge is 0.320 e. The zero-order valence-electron chi connectivity index (χ0n) is 9.89. The Hall–Kier alpha value is -2.04. The van der Waals surface area contributed by atoms with Crippen LogP contribution < -0.4 is 5.90 Å². The molecule has 104 valence electrons. The van der Waals surface area contributed by atoms with Crippen molar-refractivity contribution in [3.63, 3.8) is 0 Å². The number of nitrogens with two attached hydrogens (primary N) is 1. The summed E-state index contributed by atoms with van der Waals surface area (Å²) >= 11 is 0. The van der Waals surface area contributed by atoms with Crippen LogP contribution in [0.3, 0.4) is 0 Å². The van der Waals surface area contributed by atoms with Crippen LogP contribution in [-0.2, 0) is 0 Å². The van der Waals surface area contributed by atoms with Crippen molar-refractivity contribution in [3.8, 4) is 0 Å². The molecule has 2 aromatic carbocycles. The first-order chi connectivity index (χ1) is 9.20. The molecule has 0 atom stereocenters. The Morgan fingerprint density at radius 3 is 2.05 bits per heavy atom. The normalized spacial score (nSPS) is 8.70. The summed E-state index contributed by atoms with van der Waals surface area (Å²) in [6.07, 6.45) is 0. The summed E-state index contributed by atoms with van der Waals surface area (Å²) in [5, 5.41) is 17.3. The van der Waals surface area contributed by atoms with Gasteiger partial charge in [-0.25, -0.2) is 5.90 Å². The van der Waals surface area contributed by atoms with Crippen LogP contribution in [0.2, 0.25) is 0 Å². The van der Waals surface area contributed by atoms with E-state index in [0.29, 0.717) is 5.56 Å². The van der Waals surface area contributed by atoms with E-state index in [2.05, 4.69) is 5.90 Å². The Kier molecular flexibility index (Phi) is 8.05. The Balaban J connectivity index is 0.00000115. The maximum Gasteiger partial charge on any atom is 0.280 e. The van der Waals surface area contributed by atoms with E-state index < -0.39 is 4.92 Å². The van der Waals surface area contributed by atoms with Gasteiger partial charge in [0.05, 0.1) is 4.92 Å². The van der Waals surface area contributed by atoms with Gasteiger partial charge >= 0.3 is 0 Å². The predicted molar refractivity (Wildman–Crippen MR) is 78.9 cm³/mol. The second-order valence-corrected chi connectivity index (χ2v) is 3.47. The van der Waals surface area contributed by atoms with Crippen molar-refractivity contribution in [1.82, 2.24) is 0 Å². The second kappa shape index (κ2) is 8.96. The van der Waals surface area contributed by atoms with Gasteiger partial charge in [0.25, 0.3) is 5.69 Å². The molecule has 7 heteroatoms. The van der Waals surface area contributed by atoms with Gasteiger partial charge in [0.15, 0.2) is 23.1 Å². The monoisotopic (exact) mass is 290 g/mol. The van der Waals surface area contributed by atoms with Crippen LogP contribution in [0.5, 0.6) is 0 Å². The number of nitro benzene ring substituents is 1. The molecule has 2 rings (SSSR count). The number of rotatable bonds is 3. The van der Waals surface area contributed by atoms with Crippen molar-refractivity contribution in [1.29, 1.82) is 0 Å². The van der Waals surface area contributed by atoms with E-state index in [0.717, 1.165) is 0 Å². The van der Waals surface area contributed by atoms with Crippen LogP contribution >= 0.6 is 0 Å². The standard InChI is InChI=1S/C13H9NO3.Al.H3NO.3H/c15-13(10-6-2-1-3-7-10)11-8-4-5-9-12(11)14(16)17;;1-2;;;/h1-9H;;2H,1H2;;;. The molecule has 0 amide bonds. The number of ketones is 1. The number of para-hydroxylation sites is 1. The quantitative estimate of drug-likeness (QED) is 0.379. The predicted octanol–water partition coefficient (Wildman–Crippen LogP) is 0.976. The van der Waals surface area contributed by atoms with Gasteiger partial charge in [0.2, 0.25) is 0 Å². The molecule has 0 aliphatic rings. The first-order valence-electron chi connectivity index (χ1n) is 5.29. The number of benzene rings is 2. The zero-order valence-corrected chi connectivity index (χ0v) is 9.89. The van der Waals surface area contributed by atoms with Gasteiger partial charge in [-0.15, -0.1) is 0 Å².